The van der Waals surface area contributed by atoms with Gasteiger partial charge in [-0.15, -0.1) is 0 Å². The highest BCUT2D eigenvalue weighted by Crippen LogP contribution is 2.35. The van der Waals surface area contributed by atoms with Crippen LogP contribution in [0.2, 0.25) is 0 Å². The Morgan fingerprint density at radius 2 is 1.89 bits per heavy atom. The third kappa shape index (κ3) is 8.19. The van der Waals surface area contributed by atoms with Crippen molar-refractivity contribution in [2.24, 2.45) is 11.8 Å². The van der Waals surface area contributed by atoms with Gasteiger partial charge in [0.25, 0.3) is 0 Å². The molecular formula is C11H23NO4S3. The predicted octanol–water partition coefficient (Wildman–Crippen LogP) is 1.95. The maximum atomic E-state index is 11.5. The lowest BCUT2D eigenvalue weighted by Crippen LogP contribution is -2.38. The van der Waals surface area contributed by atoms with Crippen LogP contribution in [0.15, 0.2) is 0 Å². The lowest BCUT2D eigenvalue weighted by molar-refractivity contribution is 0.0222. The normalized spacial score (nSPS) is 14.5. The first-order valence-corrected chi connectivity index (χ1v) is 9.35. The third-order valence-electron chi connectivity index (χ3n) is 2.93. The first-order valence-electron chi connectivity index (χ1n) is 6.09. The van der Waals surface area contributed by atoms with Crippen molar-refractivity contribution >= 4 is 38.4 Å². The second-order valence-corrected chi connectivity index (χ2v) is 7.90. The van der Waals surface area contributed by atoms with Gasteiger partial charge in [0.15, 0.2) is 0 Å². The summed E-state index contributed by atoms with van der Waals surface area (Å²) in [6.45, 7) is 6.07. The Kier molecular flexibility index (Phi) is 11.1. The maximum Gasteiger partial charge on any atom is 0.407 e. The largest absolute Gasteiger partial charge is 0.441 e. The van der Waals surface area contributed by atoms with Crippen LogP contribution in [0, 0.1) is 11.8 Å². The van der Waals surface area contributed by atoms with E-state index in [1.165, 1.54) is 9.83 Å². The number of thiol groups is 1. The molecule has 0 aliphatic carbocycles. The summed E-state index contributed by atoms with van der Waals surface area (Å²) in [4.78, 5) is 11.5. The van der Waals surface area contributed by atoms with Crippen LogP contribution in [-0.4, -0.2) is 47.4 Å². The summed E-state index contributed by atoms with van der Waals surface area (Å²) in [7, 11) is 2.97. The summed E-state index contributed by atoms with van der Waals surface area (Å²) < 4.78 is 4.83. The number of aliphatic hydroxyl groups excluding tert-OH is 2. The van der Waals surface area contributed by atoms with E-state index in [9.17, 15) is 4.79 Å². The van der Waals surface area contributed by atoms with Gasteiger partial charge in [-0.25, -0.2) is 4.79 Å². The van der Waals surface area contributed by atoms with Gasteiger partial charge in [0.05, 0.1) is 13.2 Å². The van der Waals surface area contributed by atoms with Gasteiger partial charge in [-0.1, -0.05) is 43.2 Å². The van der Waals surface area contributed by atoms with Crippen LogP contribution in [0.5, 0.6) is 0 Å². The van der Waals surface area contributed by atoms with Gasteiger partial charge < -0.3 is 20.3 Å². The van der Waals surface area contributed by atoms with E-state index in [2.05, 4.69) is 37.7 Å². The molecule has 0 bridgehead atoms. The standard InChI is InChI=1S/C11H23NO4S3/c1-7(2)8(3)10(18-19-17)4-12-11(15)16-9(5-13)6-14/h7-10,13-14,17H,4-6H2,1-3H3,(H,12,15). The van der Waals surface area contributed by atoms with Crippen molar-refractivity contribution in [3.05, 3.63) is 0 Å². The molecular weight excluding hydrogens is 306 g/mol. The summed E-state index contributed by atoms with van der Waals surface area (Å²) in [5.41, 5.74) is 0. The van der Waals surface area contributed by atoms with E-state index in [1.807, 2.05) is 0 Å². The molecule has 2 atom stereocenters. The van der Waals surface area contributed by atoms with E-state index in [-0.39, 0.29) is 5.25 Å². The summed E-state index contributed by atoms with van der Waals surface area (Å²) in [6, 6.07) is 0. The molecule has 0 spiro atoms. The number of carbonyl (C=O) groups is 1. The zero-order valence-corrected chi connectivity index (χ0v) is 13.9. The Morgan fingerprint density at radius 3 is 2.32 bits per heavy atom. The van der Waals surface area contributed by atoms with Gasteiger partial charge >= 0.3 is 6.09 Å². The molecule has 0 radical (unpaired) electrons. The first kappa shape index (κ1) is 19.2. The number of hydrogen-bond donors (Lipinski definition) is 4. The molecule has 114 valence electrons. The number of alkyl carbamates (subject to hydrolysis) is 1. The fourth-order valence-electron chi connectivity index (χ4n) is 1.30. The molecule has 0 aromatic rings. The number of nitrogens with one attached hydrogen (secondary N) is 1. The monoisotopic (exact) mass is 329 g/mol. The minimum atomic E-state index is -0.868. The average Bonchev–Trinajstić information content (AvgIpc) is 2.39. The molecule has 0 aromatic carbocycles. The van der Waals surface area contributed by atoms with Gasteiger partial charge in [0.2, 0.25) is 0 Å². The SMILES string of the molecule is CC(C)C(C)C(CNC(=O)OC(CO)CO)SSS. The molecule has 0 rings (SSSR count). The predicted molar refractivity (Wildman–Crippen MR) is 84.4 cm³/mol. The molecule has 2 unspecified atom stereocenters. The highest BCUT2D eigenvalue weighted by atomic mass is 33.5. The number of ether oxygens (including phenoxy) is 1. The summed E-state index contributed by atoms with van der Waals surface area (Å²) >= 11 is 4.12. The van der Waals surface area contributed by atoms with Crippen LogP contribution in [0.1, 0.15) is 20.8 Å². The number of amides is 1. The van der Waals surface area contributed by atoms with E-state index in [0.29, 0.717) is 18.4 Å². The van der Waals surface area contributed by atoms with Gasteiger partial charge in [-0.2, -0.15) is 0 Å². The van der Waals surface area contributed by atoms with Crippen molar-refractivity contribution in [3.63, 3.8) is 0 Å². The molecule has 0 aliphatic rings. The van der Waals surface area contributed by atoms with Crippen molar-refractivity contribution in [2.75, 3.05) is 19.8 Å². The molecule has 0 heterocycles. The van der Waals surface area contributed by atoms with Gasteiger partial charge in [-0.3, -0.25) is 0 Å². The van der Waals surface area contributed by atoms with Crippen LogP contribution in [0.4, 0.5) is 4.79 Å². The summed E-state index contributed by atoms with van der Waals surface area (Å²) in [6.07, 6.45) is -1.49. The van der Waals surface area contributed by atoms with Gasteiger partial charge in [0, 0.05) is 11.8 Å². The van der Waals surface area contributed by atoms with Crippen molar-refractivity contribution in [2.45, 2.75) is 32.1 Å². The van der Waals surface area contributed by atoms with E-state index in [4.69, 9.17) is 14.9 Å². The smallest absolute Gasteiger partial charge is 0.407 e. The first-order chi connectivity index (χ1) is 8.96. The number of rotatable bonds is 9. The van der Waals surface area contributed by atoms with Crippen molar-refractivity contribution in [1.82, 2.24) is 5.32 Å². The second kappa shape index (κ2) is 11.0. The number of aliphatic hydroxyl groups is 2. The highest BCUT2D eigenvalue weighted by Gasteiger charge is 2.22. The molecule has 0 aromatic heterocycles. The van der Waals surface area contributed by atoms with E-state index >= 15 is 0 Å². The van der Waals surface area contributed by atoms with E-state index in [1.54, 1.807) is 10.8 Å². The molecule has 5 nitrogen and oxygen atoms in total. The van der Waals surface area contributed by atoms with Crippen LogP contribution >= 0.6 is 32.3 Å². The van der Waals surface area contributed by atoms with E-state index in [0.717, 1.165) is 0 Å². The van der Waals surface area contributed by atoms with Gasteiger partial charge in [0.1, 0.15) is 6.10 Å². The lowest BCUT2D eigenvalue weighted by atomic mass is 9.94. The van der Waals surface area contributed by atoms with Gasteiger partial charge in [-0.05, 0) is 21.7 Å². The summed E-state index contributed by atoms with van der Waals surface area (Å²) in [5.74, 6) is 0.912. The van der Waals surface area contributed by atoms with Crippen LogP contribution < -0.4 is 5.32 Å². The summed E-state index contributed by atoms with van der Waals surface area (Å²) in [5, 5.41) is 20.5. The van der Waals surface area contributed by atoms with E-state index < -0.39 is 25.4 Å². The third-order valence-corrected chi connectivity index (χ3v) is 5.64. The molecule has 1 amide bonds. The van der Waals surface area contributed by atoms with Crippen molar-refractivity contribution in [1.29, 1.82) is 0 Å². The lowest BCUT2D eigenvalue weighted by Gasteiger charge is -2.25. The number of hydrogen-bond acceptors (Lipinski definition) is 7. The average molecular weight is 330 g/mol. The molecule has 3 N–H and O–H groups in total. The number of carbonyl (C=O) groups excluding carboxylic acids is 1. The molecule has 0 saturated heterocycles. The Labute approximate surface area is 127 Å². The Hall–Kier alpha value is 0.240. The topological polar surface area (TPSA) is 78.8 Å². The molecule has 0 fully saturated rings. The fourth-order valence-corrected chi connectivity index (χ4v) is 4.11. The minimum Gasteiger partial charge on any atom is -0.441 e. The Morgan fingerprint density at radius 1 is 1.32 bits per heavy atom. The zero-order valence-electron chi connectivity index (χ0n) is 11.4. The Balaban J connectivity index is 4.20. The highest BCUT2D eigenvalue weighted by molar-refractivity contribution is 9.05. The van der Waals surface area contributed by atoms with Crippen LogP contribution in [-0.2, 0) is 4.74 Å². The Bertz CT molecular complexity index is 252. The van der Waals surface area contributed by atoms with Crippen molar-refractivity contribution < 1.29 is 19.7 Å². The van der Waals surface area contributed by atoms with Crippen molar-refractivity contribution in [3.8, 4) is 0 Å². The zero-order chi connectivity index (χ0) is 14.8. The second-order valence-electron chi connectivity index (χ2n) is 4.59. The van der Waals surface area contributed by atoms with Crippen LogP contribution in [0.25, 0.3) is 0 Å². The van der Waals surface area contributed by atoms with Crippen LogP contribution in [0.3, 0.4) is 0 Å². The molecule has 0 aliphatic heterocycles. The molecule has 8 heteroatoms. The fraction of sp³-hybridized carbons (Fsp3) is 0.909. The molecule has 19 heavy (non-hydrogen) atoms. The maximum absolute atomic E-state index is 11.5. The quantitative estimate of drug-likeness (QED) is 0.382. The minimum absolute atomic E-state index is 0.219. The molecule has 0 saturated carbocycles.